The predicted molar refractivity (Wildman–Crippen MR) is 110 cm³/mol. The minimum Gasteiger partial charge on any atom is -0.383 e. The molecule has 0 bridgehead atoms. The van der Waals surface area contributed by atoms with Crippen LogP contribution in [0.5, 0.6) is 0 Å². The molecule has 2 aromatic rings. The first-order chi connectivity index (χ1) is 14.2. The second kappa shape index (κ2) is 8.98. The van der Waals surface area contributed by atoms with E-state index in [0.717, 1.165) is 35.3 Å². The van der Waals surface area contributed by atoms with Gasteiger partial charge in [-0.05, 0) is 42.0 Å². The van der Waals surface area contributed by atoms with Crippen LogP contribution in [0.4, 0.5) is 0 Å². The number of pyridine rings is 1. The summed E-state index contributed by atoms with van der Waals surface area (Å²) in [5, 5.41) is 0. The highest BCUT2D eigenvalue weighted by Crippen LogP contribution is 2.30. The highest BCUT2D eigenvalue weighted by atomic mass is 16.5. The number of hydrazine groups is 3. The zero-order chi connectivity index (χ0) is 20.2. The third kappa shape index (κ3) is 4.47. The molecular formula is C21H28N6O2. The number of hydrogen-bond donors (Lipinski definition) is 4. The Labute approximate surface area is 170 Å². The average molecular weight is 396 g/mol. The van der Waals surface area contributed by atoms with Crippen molar-refractivity contribution in [2.45, 2.75) is 25.9 Å². The topological polar surface area (TPSA) is 90.6 Å². The number of ether oxygens (including phenoxy) is 1. The van der Waals surface area contributed by atoms with E-state index in [-0.39, 0.29) is 12.1 Å². The van der Waals surface area contributed by atoms with Gasteiger partial charge in [0, 0.05) is 44.1 Å². The molecule has 8 nitrogen and oxygen atoms in total. The van der Waals surface area contributed by atoms with E-state index in [0.29, 0.717) is 25.5 Å². The van der Waals surface area contributed by atoms with Crippen LogP contribution in [-0.4, -0.2) is 42.6 Å². The van der Waals surface area contributed by atoms with Gasteiger partial charge in [0.2, 0.25) is 5.91 Å². The quantitative estimate of drug-likeness (QED) is 0.559. The van der Waals surface area contributed by atoms with E-state index in [4.69, 9.17) is 4.74 Å². The number of benzene rings is 1. The number of methoxy groups -OCH3 is 1. The lowest BCUT2D eigenvalue weighted by Gasteiger charge is -2.18. The summed E-state index contributed by atoms with van der Waals surface area (Å²) in [5.74, 6) is 0.604. The fraction of sp³-hybridized carbons (Fsp3) is 0.429. The van der Waals surface area contributed by atoms with Gasteiger partial charge in [-0.25, -0.2) is 10.9 Å². The van der Waals surface area contributed by atoms with Gasteiger partial charge in [0.1, 0.15) is 6.17 Å². The Bertz CT molecular complexity index is 851. The number of nitrogens with one attached hydrogen (secondary N) is 4. The number of likely N-dealkylation sites (tertiary alicyclic amines) is 1. The van der Waals surface area contributed by atoms with Crippen LogP contribution in [0.25, 0.3) is 11.1 Å². The van der Waals surface area contributed by atoms with E-state index >= 15 is 0 Å². The van der Waals surface area contributed by atoms with Gasteiger partial charge in [0.25, 0.3) is 0 Å². The molecular weight excluding hydrogens is 368 g/mol. The predicted octanol–water partition coefficient (Wildman–Crippen LogP) is 1.21. The lowest BCUT2D eigenvalue weighted by atomic mass is 9.94. The first kappa shape index (κ1) is 19.9. The summed E-state index contributed by atoms with van der Waals surface area (Å²) in [6.45, 7) is 4.11. The molecule has 2 aliphatic heterocycles. The third-order valence-corrected chi connectivity index (χ3v) is 5.62. The fourth-order valence-electron chi connectivity index (χ4n) is 4.15. The van der Waals surface area contributed by atoms with Crippen LogP contribution in [-0.2, 0) is 16.0 Å². The largest absolute Gasteiger partial charge is 0.383 e. The molecule has 4 rings (SSSR count). The van der Waals surface area contributed by atoms with Crippen LogP contribution >= 0.6 is 0 Å². The van der Waals surface area contributed by atoms with Gasteiger partial charge in [0.15, 0.2) is 0 Å². The monoisotopic (exact) mass is 396 g/mol. The van der Waals surface area contributed by atoms with Crippen molar-refractivity contribution in [3.8, 4) is 11.1 Å². The summed E-state index contributed by atoms with van der Waals surface area (Å²) in [6, 6.07) is 10.7. The van der Waals surface area contributed by atoms with Crippen molar-refractivity contribution in [1.29, 1.82) is 0 Å². The smallest absolute Gasteiger partial charge is 0.223 e. The Hall–Kier alpha value is -2.36. The molecule has 1 aromatic carbocycles. The lowest BCUT2D eigenvalue weighted by molar-refractivity contribution is -0.128. The molecule has 1 amide bonds. The van der Waals surface area contributed by atoms with Crippen LogP contribution in [0, 0.1) is 12.8 Å². The number of aryl methyl sites for hydroxylation is 1. The Morgan fingerprint density at radius 3 is 2.66 bits per heavy atom. The fourth-order valence-corrected chi connectivity index (χ4v) is 4.15. The lowest BCUT2D eigenvalue weighted by Crippen LogP contribution is -2.33. The summed E-state index contributed by atoms with van der Waals surface area (Å²) >= 11 is 0. The van der Waals surface area contributed by atoms with E-state index in [9.17, 15) is 4.79 Å². The first-order valence-electron chi connectivity index (χ1n) is 9.98. The molecule has 1 unspecified atom stereocenters. The van der Waals surface area contributed by atoms with Crippen molar-refractivity contribution in [2.24, 2.45) is 5.92 Å². The number of carbonyl (C=O) groups excluding carboxylic acids is 1. The van der Waals surface area contributed by atoms with Gasteiger partial charge < -0.3 is 9.64 Å². The second-order valence-corrected chi connectivity index (χ2v) is 7.63. The molecule has 0 spiro atoms. The highest BCUT2D eigenvalue weighted by molar-refractivity contribution is 5.78. The summed E-state index contributed by atoms with van der Waals surface area (Å²) in [5.41, 5.74) is 17.7. The van der Waals surface area contributed by atoms with E-state index < -0.39 is 0 Å². The number of hydrogen-bond acceptors (Lipinski definition) is 7. The molecule has 1 atom stereocenters. The average Bonchev–Trinajstić information content (AvgIpc) is 3.37. The zero-order valence-electron chi connectivity index (χ0n) is 16.9. The maximum Gasteiger partial charge on any atom is 0.223 e. The number of rotatable bonds is 7. The molecule has 0 radical (unpaired) electrons. The summed E-state index contributed by atoms with van der Waals surface area (Å²) in [6.07, 6.45) is 3.31. The van der Waals surface area contributed by atoms with E-state index in [1.54, 1.807) is 7.11 Å². The first-order valence-corrected chi connectivity index (χ1v) is 9.98. The zero-order valence-corrected chi connectivity index (χ0v) is 16.9. The minimum absolute atomic E-state index is 0.0686. The van der Waals surface area contributed by atoms with E-state index in [2.05, 4.69) is 51.2 Å². The van der Waals surface area contributed by atoms with Crippen molar-refractivity contribution in [3.05, 3.63) is 53.3 Å². The number of carbonyl (C=O) groups is 1. The second-order valence-electron chi connectivity index (χ2n) is 7.63. The SMILES string of the molecule is COCCN1CC(Cc2ccc(-c3ccnc(C)c3C3NNNN3)cc2)CC1=O. The summed E-state index contributed by atoms with van der Waals surface area (Å²) in [4.78, 5) is 18.5. The van der Waals surface area contributed by atoms with Gasteiger partial charge >= 0.3 is 0 Å². The molecule has 3 heterocycles. The van der Waals surface area contributed by atoms with Crippen LogP contribution in [0.15, 0.2) is 36.5 Å². The number of nitrogens with zero attached hydrogens (tertiary/aromatic N) is 2. The number of amides is 1. The normalized spacial score (nSPS) is 20.0. The Balaban J connectivity index is 1.47. The molecule has 4 N–H and O–H groups in total. The third-order valence-electron chi connectivity index (χ3n) is 5.62. The minimum atomic E-state index is -0.0686. The molecule has 29 heavy (non-hydrogen) atoms. The highest BCUT2D eigenvalue weighted by Gasteiger charge is 2.29. The van der Waals surface area contributed by atoms with Gasteiger partial charge in [-0.1, -0.05) is 24.3 Å². The molecule has 8 heteroatoms. The van der Waals surface area contributed by atoms with Crippen molar-refractivity contribution in [2.75, 3.05) is 26.8 Å². The van der Waals surface area contributed by atoms with Crippen LogP contribution < -0.4 is 21.9 Å². The standard InChI is InChI=1S/C21H28N6O2/c1-14-20(21-23-25-26-24-21)18(7-8-22-14)17-5-3-15(4-6-17)11-16-12-19(28)27(13-16)9-10-29-2/h3-8,16,21,23-26H,9-13H2,1-2H3. The van der Waals surface area contributed by atoms with Crippen LogP contribution in [0.3, 0.4) is 0 Å². The summed E-state index contributed by atoms with van der Waals surface area (Å²) in [7, 11) is 1.67. The molecule has 0 saturated carbocycles. The molecule has 1 aromatic heterocycles. The molecule has 2 fully saturated rings. The van der Waals surface area contributed by atoms with Crippen molar-refractivity contribution < 1.29 is 9.53 Å². The van der Waals surface area contributed by atoms with Gasteiger partial charge in [0.05, 0.1) is 6.61 Å². The Morgan fingerprint density at radius 1 is 1.17 bits per heavy atom. The Morgan fingerprint density at radius 2 is 1.93 bits per heavy atom. The molecule has 154 valence electrons. The summed E-state index contributed by atoms with van der Waals surface area (Å²) < 4.78 is 5.10. The van der Waals surface area contributed by atoms with E-state index in [1.807, 2.05) is 24.1 Å². The van der Waals surface area contributed by atoms with Crippen molar-refractivity contribution >= 4 is 5.91 Å². The van der Waals surface area contributed by atoms with Crippen molar-refractivity contribution in [1.82, 2.24) is 31.8 Å². The molecule has 0 aliphatic carbocycles. The maximum absolute atomic E-state index is 12.2. The Kier molecular flexibility index (Phi) is 6.17. The maximum atomic E-state index is 12.2. The number of aromatic nitrogens is 1. The molecule has 2 saturated heterocycles. The van der Waals surface area contributed by atoms with E-state index in [1.165, 1.54) is 5.56 Å². The molecule has 2 aliphatic rings. The van der Waals surface area contributed by atoms with Gasteiger partial charge in [-0.2, -0.15) is 11.1 Å². The van der Waals surface area contributed by atoms with Crippen LogP contribution in [0.1, 0.15) is 29.4 Å². The van der Waals surface area contributed by atoms with Crippen LogP contribution in [0.2, 0.25) is 0 Å². The van der Waals surface area contributed by atoms with Crippen molar-refractivity contribution in [3.63, 3.8) is 0 Å². The van der Waals surface area contributed by atoms with Gasteiger partial charge in [-0.15, -0.1) is 0 Å². The van der Waals surface area contributed by atoms with Gasteiger partial charge in [-0.3, -0.25) is 9.78 Å².